The number of hydrogen-bond acceptors (Lipinski definition) is 4. The molecule has 0 saturated heterocycles. The number of ether oxygens (including phenoxy) is 1. The summed E-state index contributed by atoms with van der Waals surface area (Å²) in [6.07, 6.45) is 2.04. The number of benzene rings is 2. The number of hydrogen-bond donors (Lipinski definition) is 2. The zero-order valence-electron chi connectivity index (χ0n) is 17.3. The van der Waals surface area contributed by atoms with Crippen LogP contribution in [0, 0.1) is 0 Å². The second-order valence-electron chi connectivity index (χ2n) is 6.89. The van der Waals surface area contributed by atoms with Crippen LogP contribution in [0.25, 0.3) is 0 Å². The van der Waals surface area contributed by atoms with E-state index in [1.54, 1.807) is 37.2 Å². The Labute approximate surface area is 191 Å². The number of anilines is 1. The molecule has 0 aliphatic rings. The predicted molar refractivity (Wildman–Crippen MR) is 127 cm³/mol. The van der Waals surface area contributed by atoms with Gasteiger partial charge in [-0.1, -0.05) is 19.1 Å². The number of halogens is 1. The fourth-order valence-corrected chi connectivity index (χ4v) is 3.24. The van der Waals surface area contributed by atoms with Crippen molar-refractivity contribution in [2.45, 2.75) is 26.2 Å². The Hall–Kier alpha value is -2.45. The van der Waals surface area contributed by atoms with E-state index in [0.29, 0.717) is 35.2 Å². The van der Waals surface area contributed by atoms with Crippen molar-refractivity contribution in [3.63, 3.8) is 0 Å². The summed E-state index contributed by atoms with van der Waals surface area (Å²) in [7, 11) is 3.50. The number of thiocarbonyl (C=S) groups is 1. The first-order chi connectivity index (χ1) is 14.3. The summed E-state index contributed by atoms with van der Waals surface area (Å²) >= 11 is 8.67. The zero-order valence-corrected chi connectivity index (χ0v) is 19.7. The highest BCUT2D eigenvalue weighted by molar-refractivity contribution is 9.10. The monoisotopic (exact) mass is 491 g/mol. The third kappa shape index (κ3) is 7.42. The lowest BCUT2D eigenvalue weighted by Gasteiger charge is -2.12. The van der Waals surface area contributed by atoms with Gasteiger partial charge in [-0.3, -0.25) is 14.9 Å². The van der Waals surface area contributed by atoms with E-state index in [1.165, 1.54) is 0 Å². The van der Waals surface area contributed by atoms with Crippen molar-refractivity contribution in [1.82, 2.24) is 10.2 Å². The first kappa shape index (κ1) is 23.8. The minimum absolute atomic E-state index is 0.0951. The largest absolute Gasteiger partial charge is 0.492 e. The second kappa shape index (κ2) is 11.7. The summed E-state index contributed by atoms with van der Waals surface area (Å²) in [6.45, 7) is 2.65. The molecule has 0 spiro atoms. The summed E-state index contributed by atoms with van der Waals surface area (Å²) < 4.78 is 6.31. The third-order valence-corrected chi connectivity index (χ3v) is 5.04. The number of rotatable bonds is 8. The zero-order chi connectivity index (χ0) is 22.1. The molecule has 2 aromatic rings. The number of aryl methyl sites for hydroxylation is 1. The minimum Gasteiger partial charge on any atom is -0.492 e. The third-order valence-electron chi connectivity index (χ3n) is 4.22. The van der Waals surface area contributed by atoms with Gasteiger partial charge in [-0.2, -0.15) is 0 Å². The van der Waals surface area contributed by atoms with Gasteiger partial charge in [0.1, 0.15) is 5.75 Å². The van der Waals surface area contributed by atoms with Crippen LogP contribution in [0.3, 0.4) is 0 Å². The smallest absolute Gasteiger partial charge is 0.257 e. The number of nitrogens with zero attached hydrogens (tertiary/aromatic N) is 1. The lowest BCUT2D eigenvalue weighted by atomic mass is 10.1. The van der Waals surface area contributed by atoms with Gasteiger partial charge < -0.3 is 15.0 Å². The van der Waals surface area contributed by atoms with Gasteiger partial charge in [-0.25, -0.2) is 0 Å². The van der Waals surface area contributed by atoms with Crippen LogP contribution >= 0.6 is 28.1 Å². The van der Waals surface area contributed by atoms with Gasteiger partial charge in [0.05, 0.1) is 11.1 Å². The highest BCUT2D eigenvalue weighted by Gasteiger charge is 2.11. The van der Waals surface area contributed by atoms with Crippen LogP contribution in [0.2, 0.25) is 0 Å². The van der Waals surface area contributed by atoms with Crippen molar-refractivity contribution in [3.05, 3.63) is 58.1 Å². The van der Waals surface area contributed by atoms with Gasteiger partial charge in [0.15, 0.2) is 5.11 Å². The molecule has 0 aliphatic carbocycles. The molecule has 0 aromatic heterocycles. The first-order valence-electron chi connectivity index (χ1n) is 9.64. The van der Waals surface area contributed by atoms with Crippen molar-refractivity contribution >= 4 is 50.8 Å². The number of carbonyl (C=O) groups is 2. The van der Waals surface area contributed by atoms with Crippen molar-refractivity contribution in [2.75, 3.05) is 26.0 Å². The summed E-state index contributed by atoms with van der Waals surface area (Å²) in [5.41, 5.74) is 2.28. The van der Waals surface area contributed by atoms with Crippen molar-refractivity contribution in [3.8, 4) is 5.75 Å². The van der Waals surface area contributed by atoms with Gasteiger partial charge in [-0.15, -0.1) is 0 Å². The Morgan fingerprint density at radius 1 is 1.13 bits per heavy atom. The number of amides is 2. The lowest BCUT2D eigenvalue weighted by molar-refractivity contribution is -0.128. The van der Waals surface area contributed by atoms with Crippen LogP contribution in [0.1, 0.15) is 35.7 Å². The maximum absolute atomic E-state index is 12.4. The van der Waals surface area contributed by atoms with E-state index < -0.39 is 0 Å². The van der Waals surface area contributed by atoms with E-state index in [0.717, 1.165) is 17.7 Å². The molecule has 8 heteroatoms. The van der Waals surface area contributed by atoms with Crippen molar-refractivity contribution in [2.24, 2.45) is 0 Å². The standard InChI is InChI=1S/C22H26BrN3O3S/c1-4-13-29-19-11-8-16(14-18(19)23)21(28)25-22(30)24-17-9-5-15(6-10-17)7-12-20(27)26(2)3/h5-6,8-11,14H,4,7,12-13H2,1-3H3,(H2,24,25,28,30). The van der Waals surface area contributed by atoms with E-state index in [4.69, 9.17) is 17.0 Å². The van der Waals surface area contributed by atoms with Crippen LogP contribution < -0.4 is 15.4 Å². The Morgan fingerprint density at radius 3 is 2.43 bits per heavy atom. The van der Waals surface area contributed by atoms with Crippen LogP contribution in [0.5, 0.6) is 5.75 Å². The maximum atomic E-state index is 12.4. The molecule has 160 valence electrons. The van der Waals surface area contributed by atoms with Crippen LogP contribution in [-0.2, 0) is 11.2 Å². The molecule has 0 bridgehead atoms. The molecule has 0 heterocycles. The maximum Gasteiger partial charge on any atom is 0.257 e. The molecular weight excluding hydrogens is 466 g/mol. The van der Waals surface area contributed by atoms with Crippen molar-refractivity contribution in [1.29, 1.82) is 0 Å². The van der Waals surface area contributed by atoms with E-state index in [9.17, 15) is 9.59 Å². The van der Waals surface area contributed by atoms with Gasteiger partial charge in [0.25, 0.3) is 5.91 Å². The van der Waals surface area contributed by atoms with Crippen LogP contribution in [0.4, 0.5) is 5.69 Å². The molecule has 0 radical (unpaired) electrons. The molecule has 2 N–H and O–H groups in total. The number of nitrogens with one attached hydrogen (secondary N) is 2. The molecule has 0 unspecified atom stereocenters. The average molecular weight is 492 g/mol. The molecule has 0 aliphatic heterocycles. The van der Waals surface area contributed by atoms with Crippen LogP contribution in [0.15, 0.2) is 46.9 Å². The Balaban J connectivity index is 1.88. The van der Waals surface area contributed by atoms with E-state index in [2.05, 4.69) is 26.6 Å². The summed E-state index contributed by atoms with van der Waals surface area (Å²) in [4.78, 5) is 25.7. The van der Waals surface area contributed by atoms with Gasteiger partial charge in [-0.05, 0) is 76.9 Å². The summed E-state index contributed by atoms with van der Waals surface area (Å²) in [5, 5.41) is 5.87. The molecule has 2 rings (SSSR count). The molecule has 0 saturated carbocycles. The van der Waals surface area contributed by atoms with E-state index in [-0.39, 0.29) is 16.9 Å². The molecular formula is C22H26BrN3O3S. The molecule has 6 nitrogen and oxygen atoms in total. The van der Waals surface area contributed by atoms with Crippen molar-refractivity contribution < 1.29 is 14.3 Å². The second-order valence-corrected chi connectivity index (χ2v) is 8.15. The van der Waals surface area contributed by atoms with Gasteiger partial charge in [0.2, 0.25) is 5.91 Å². The number of carbonyl (C=O) groups excluding carboxylic acids is 2. The molecule has 0 fully saturated rings. The molecule has 2 amide bonds. The van der Waals surface area contributed by atoms with E-state index in [1.807, 2.05) is 31.2 Å². The summed E-state index contributed by atoms with van der Waals surface area (Å²) in [5.74, 6) is 0.480. The Bertz CT molecular complexity index is 901. The predicted octanol–water partition coefficient (Wildman–Crippen LogP) is 4.39. The lowest BCUT2D eigenvalue weighted by Crippen LogP contribution is -2.34. The van der Waals surface area contributed by atoms with Gasteiger partial charge >= 0.3 is 0 Å². The molecule has 30 heavy (non-hydrogen) atoms. The SMILES string of the molecule is CCCOc1ccc(C(=O)NC(=S)Nc2ccc(CCC(=O)N(C)C)cc2)cc1Br. The quantitative estimate of drug-likeness (QED) is 0.536. The normalized spacial score (nSPS) is 10.3. The molecule has 2 aromatic carbocycles. The minimum atomic E-state index is -0.311. The summed E-state index contributed by atoms with van der Waals surface area (Å²) in [6, 6.07) is 12.7. The van der Waals surface area contributed by atoms with E-state index >= 15 is 0 Å². The van der Waals surface area contributed by atoms with Gasteiger partial charge in [0, 0.05) is 31.8 Å². The Kier molecular flexibility index (Phi) is 9.26. The topological polar surface area (TPSA) is 70.7 Å². The molecule has 0 atom stereocenters. The fourth-order valence-electron chi connectivity index (χ4n) is 2.54. The van der Waals surface area contributed by atoms with Crippen LogP contribution in [-0.4, -0.2) is 42.5 Å². The fraction of sp³-hybridized carbons (Fsp3) is 0.318. The highest BCUT2D eigenvalue weighted by atomic mass is 79.9. The first-order valence-corrected chi connectivity index (χ1v) is 10.8. The Morgan fingerprint density at radius 2 is 1.83 bits per heavy atom. The average Bonchev–Trinajstić information content (AvgIpc) is 2.71. The highest BCUT2D eigenvalue weighted by Crippen LogP contribution is 2.26.